The number of aromatic nitrogens is 3. The van der Waals surface area contributed by atoms with Gasteiger partial charge in [0, 0.05) is 24.5 Å². The normalized spacial score (nSPS) is 10.6. The van der Waals surface area contributed by atoms with Crippen LogP contribution in [0, 0.1) is 6.92 Å². The number of rotatable bonds is 7. The Morgan fingerprint density at radius 2 is 1.94 bits per heavy atom. The standard InChI is InChI=1S/C23H21N5O3/c1-16-22(23(30)26-20-10-5-11-25-27-20)19(24-14-17-7-3-2-4-8-17)13-21(29)28(16)15-18-9-6-12-31-18/h2-13,24H,14-15H2,1H3,(H,26,27,30). The van der Waals surface area contributed by atoms with Crippen molar-refractivity contribution in [3.05, 3.63) is 106 Å². The SMILES string of the molecule is Cc1c(C(=O)Nc2cccnn2)c(NCc2ccccc2)cc(=O)n1Cc1ccco1. The molecule has 0 spiro atoms. The second kappa shape index (κ2) is 9.08. The molecule has 0 unspecified atom stereocenters. The number of carbonyl (C=O) groups excluding carboxylic acids is 1. The first-order valence-corrected chi connectivity index (χ1v) is 9.75. The number of anilines is 2. The lowest BCUT2D eigenvalue weighted by molar-refractivity contribution is 0.102. The maximum absolute atomic E-state index is 13.2. The molecule has 0 radical (unpaired) electrons. The van der Waals surface area contributed by atoms with Crippen molar-refractivity contribution < 1.29 is 9.21 Å². The van der Waals surface area contributed by atoms with Crippen LogP contribution in [0.25, 0.3) is 0 Å². The van der Waals surface area contributed by atoms with E-state index in [9.17, 15) is 9.59 Å². The number of furan rings is 1. The minimum atomic E-state index is -0.387. The average Bonchev–Trinajstić information content (AvgIpc) is 3.30. The third kappa shape index (κ3) is 4.69. The van der Waals surface area contributed by atoms with Crippen LogP contribution in [-0.2, 0) is 13.1 Å². The molecule has 31 heavy (non-hydrogen) atoms. The minimum absolute atomic E-state index is 0.224. The summed E-state index contributed by atoms with van der Waals surface area (Å²) in [5.74, 6) is 0.557. The zero-order valence-electron chi connectivity index (χ0n) is 16.9. The van der Waals surface area contributed by atoms with Crippen molar-refractivity contribution in [1.82, 2.24) is 14.8 Å². The molecule has 1 aromatic carbocycles. The van der Waals surface area contributed by atoms with Gasteiger partial charge in [-0.05, 0) is 36.8 Å². The Kier molecular flexibility index (Phi) is 5.89. The van der Waals surface area contributed by atoms with E-state index in [-0.39, 0.29) is 18.0 Å². The maximum atomic E-state index is 13.2. The van der Waals surface area contributed by atoms with Crippen LogP contribution in [0.5, 0.6) is 0 Å². The van der Waals surface area contributed by atoms with Gasteiger partial charge in [0.2, 0.25) is 0 Å². The summed E-state index contributed by atoms with van der Waals surface area (Å²) in [6.07, 6.45) is 3.07. The van der Waals surface area contributed by atoms with Crippen molar-refractivity contribution in [2.45, 2.75) is 20.0 Å². The molecular formula is C23H21N5O3. The second-order valence-electron chi connectivity index (χ2n) is 6.92. The van der Waals surface area contributed by atoms with Crippen LogP contribution in [0.1, 0.15) is 27.4 Å². The van der Waals surface area contributed by atoms with Crippen molar-refractivity contribution in [2.75, 3.05) is 10.6 Å². The summed E-state index contributed by atoms with van der Waals surface area (Å²) in [6.45, 7) is 2.43. The Hall–Kier alpha value is -4.20. The molecule has 2 N–H and O–H groups in total. The Balaban J connectivity index is 1.71. The highest BCUT2D eigenvalue weighted by Crippen LogP contribution is 2.21. The van der Waals surface area contributed by atoms with Gasteiger partial charge in [0.25, 0.3) is 11.5 Å². The van der Waals surface area contributed by atoms with Gasteiger partial charge in [0.15, 0.2) is 5.82 Å². The summed E-state index contributed by atoms with van der Waals surface area (Å²) in [5, 5.41) is 13.7. The Morgan fingerprint density at radius 1 is 1.10 bits per heavy atom. The third-order valence-corrected chi connectivity index (χ3v) is 4.83. The molecule has 0 saturated carbocycles. The summed E-state index contributed by atoms with van der Waals surface area (Å²) in [5.41, 5.74) is 2.11. The van der Waals surface area contributed by atoms with Crippen molar-refractivity contribution in [2.24, 2.45) is 0 Å². The Morgan fingerprint density at radius 3 is 2.65 bits per heavy atom. The van der Waals surface area contributed by atoms with Crippen molar-refractivity contribution >= 4 is 17.4 Å². The van der Waals surface area contributed by atoms with Gasteiger partial charge in [-0.15, -0.1) is 5.10 Å². The lowest BCUT2D eigenvalue weighted by Gasteiger charge is -2.18. The molecule has 0 bridgehead atoms. The summed E-state index contributed by atoms with van der Waals surface area (Å²) < 4.78 is 6.90. The van der Waals surface area contributed by atoms with Gasteiger partial charge >= 0.3 is 0 Å². The van der Waals surface area contributed by atoms with E-state index in [0.717, 1.165) is 5.56 Å². The zero-order chi connectivity index (χ0) is 21.6. The summed E-state index contributed by atoms with van der Waals surface area (Å²) in [6, 6.07) is 18.1. The predicted molar refractivity (Wildman–Crippen MR) is 117 cm³/mol. The van der Waals surface area contributed by atoms with Gasteiger partial charge in [-0.1, -0.05) is 30.3 Å². The molecule has 8 heteroatoms. The van der Waals surface area contributed by atoms with Crippen molar-refractivity contribution in [3.8, 4) is 0 Å². The molecule has 3 aromatic heterocycles. The predicted octanol–water partition coefficient (Wildman–Crippen LogP) is 3.45. The van der Waals surface area contributed by atoms with Gasteiger partial charge in [0.05, 0.1) is 24.1 Å². The highest BCUT2D eigenvalue weighted by Gasteiger charge is 2.20. The number of hydrogen-bond donors (Lipinski definition) is 2. The molecule has 4 aromatic rings. The first kappa shape index (κ1) is 20.1. The molecule has 1 amide bonds. The molecule has 8 nitrogen and oxygen atoms in total. The van der Waals surface area contributed by atoms with Gasteiger partial charge in [-0.2, -0.15) is 5.10 Å². The third-order valence-electron chi connectivity index (χ3n) is 4.83. The van der Waals surface area contributed by atoms with E-state index in [1.807, 2.05) is 30.3 Å². The van der Waals surface area contributed by atoms with Gasteiger partial charge < -0.3 is 19.6 Å². The molecule has 0 aliphatic rings. The summed E-state index contributed by atoms with van der Waals surface area (Å²) >= 11 is 0. The highest BCUT2D eigenvalue weighted by molar-refractivity contribution is 6.08. The Bertz CT molecular complexity index is 1220. The van der Waals surface area contributed by atoms with Crippen molar-refractivity contribution in [3.63, 3.8) is 0 Å². The van der Waals surface area contributed by atoms with E-state index in [0.29, 0.717) is 35.1 Å². The number of pyridine rings is 1. The Labute approximate surface area is 178 Å². The van der Waals surface area contributed by atoms with Crippen LogP contribution in [0.15, 0.2) is 82.3 Å². The van der Waals surface area contributed by atoms with Crippen LogP contribution in [0.2, 0.25) is 0 Å². The van der Waals surface area contributed by atoms with E-state index >= 15 is 0 Å². The topological polar surface area (TPSA) is 102 Å². The number of benzene rings is 1. The molecule has 0 saturated heterocycles. The highest BCUT2D eigenvalue weighted by atomic mass is 16.3. The average molecular weight is 415 g/mol. The fraction of sp³-hybridized carbons (Fsp3) is 0.130. The molecule has 3 heterocycles. The lowest BCUT2D eigenvalue weighted by atomic mass is 10.1. The van der Waals surface area contributed by atoms with Gasteiger partial charge in [-0.25, -0.2) is 0 Å². The molecule has 0 aliphatic heterocycles. The fourth-order valence-corrected chi connectivity index (χ4v) is 3.29. The molecule has 4 rings (SSSR count). The van der Waals surface area contributed by atoms with E-state index in [1.54, 1.807) is 37.5 Å². The second-order valence-corrected chi connectivity index (χ2v) is 6.92. The van der Waals surface area contributed by atoms with E-state index in [4.69, 9.17) is 4.42 Å². The molecular weight excluding hydrogens is 394 g/mol. The van der Waals surface area contributed by atoms with Crippen molar-refractivity contribution in [1.29, 1.82) is 0 Å². The first-order valence-electron chi connectivity index (χ1n) is 9.75. The maximum Gasteiger partial charge on any atom is 0.260 e. The summed E-state index contributed by atoms with van der Waals surface area (Å²) in [7, 11) is 0. The van der Waals surface area contributed by atoms with Crippen LogP contribution < -0.4 is 16.2 Å². The number of nitrogens with one attached hydrogen (secondary N) is 2. The van der Waals surface area contributed by atoms with Crippen LogP contribution in [0.3, 0.4) is 0 Å². The van der Waals surface area contributed by atoms with E-state index in [2.05, 4.69) is 20.8 Å². The quantitative estimate of drug-likeness (QED) is 0.479. The fourth-order valence-electron chi connectivity index (χ4n) is 3.29. The van der Waals surface area contributed by atoms with E-state index in [1.165, 1.54) is 16.8 Å². The largest absolute Gasteiger partial charge is 0.467 e. The molecule has 0 atom stereocenters. The monoisotopic (exact) mass is 415 g/mol. The minimum Gasteiger partial charge on any atom is -0.467 e. The number of hydrogen-bond acceptors (Lipinski definition) is 6. The number of carbonyl (C=O) groups is 1. The number of nitrogens with zero attached hydrogens (tertiary/aromatic N) is 3. The molecule has 0 fully saturated rings. The number of amides is 1. The smallest absolute Gasteiger partial charge is 0.260 e. The van der Waals surface area contributed by atoms with Crippen LogP contribution in [0.4, 0.5) is 11.5 Å². The van der Waals surface area contributed by atoms with Crippen LogP contribution in [-0.4, -0.2) is 20.7 Å². The first-order chi connectivity index (χ1) is 15.1. The molecule has 156 valence electrons. The van der Waals surface area contributed by atoms with Gasteiger partial charge in [0.1, 0.15) is 5.76 Å². The summed E-state index contributed by atoms with van der Waals surface area (Å²) in [4.78, 5) is 26.0. The molecule has 0 aliphatic carbocycles. The lowest BCUT2D eigenvalue weighted by Crippen LogP contribution is -2.28. The zero-order valence-corrected chi connectivity index (χ0v) is 16.9. The van der Waals surface area contributed by atoms with Crippen LogP contribution >= 0.6 is 0 Å². The van der Waals surface area contributed by atoms with E-state index < -0.39 is 0 Å². The van der Waals surface area contributed by atoms with Gasteiger partial charge in [-0.3, -0.25) is 9.59 Å².